The molecular formula is C25H36N2O4S. The second-order valence-electron chi connectivity index (χ2n) is 10.3. The third kappa shape index (κ3) is 7.07. The highest BCUT2D eigenvalue weighted by Crippen LogP contribution is 2.39. The van der Waals surface area contributed by atoms with Crippen molar-refractivity contribution in [3.8, 4) is 5.75 Å². The smallest absolute Gasteiger partial charge is 0.238 e. The van der Waals surface area contributed by atoms with E-state index in [0.29, 0.717) is 31.6 Å². The zero-order valence-corrected chi connectivity index (χ0v) is 20.8. The van der Waals surface area contributed by atoms with Crippen molar-refractivity contribution in [2.45, 2.75) is 76.5 Å². The largest absolute Gasteiger partial charge is 0.507 e. The van der Waals surface area contributed by atoms with Gasteiger partial charge in [0.25, 0.3) is 0 Å². The van der Waals surface area contributed by atoms with Gasteiger partial charge in [0.2, 0.25) is 15.9 Å². The van der Waals surface area contributed by atoms with Gasteiger partial charge in [-0.2, -0.15) is 0 Å². The minimum Gasteiger partial charge on any atom is -0.507 e. The van der Waals surface area contributed by atoms with Gasteiger partial charge in [-0.05, 0) is 58.1 Å². The van der Waals surface area contributed by atoms with Crippen molar-refractivity contribution in [3.05, 3.63) is 58.7 Å². The van der Waals surface area contributed by atoms with Gasteiger partial charge in [-0.3, -0.25) is 4.79 Å². The molecule has 0 aliphatic carbocycles. The molecule has 32 heavy (non-hydrogen) atoms. The van der Waals surface area contributed by atoms with E-state index in [4.69, 9.17) is 5.14 Å². The molecule has 7 heteroatoms. The average molecular weight is 461 g/mol. The van der Waals surface area contributed by atoms with Crippen LogP contribution in [0.4, 0.5) is 0 Å². The number of carbonyl (C=O) groups excluding carboxylic acids is 1. The number of hydrogen-bond acceptors (Lipinski definition) is 4. The zero-order chi connectivity index (χ0) is 24.3. The topological polar surface area (TPSA) is 109 Å². The molecule has 0 saturated carbocycles. The quantitative estimate of drug-likeness (QED) is 0.581. The summed E-state index contributed by atoms with van der Waals surface area (Å²) in [7, 11) is -3.70. The standard InChI is InChI=1S/C25H36N2O4S/c1-24(2,3)20-15-18(16-21(23(20)29)25(4,5)6)9-12-22(28)27-14-13-17-7-10-19(11-8-17)32(26,30)31/h7-8,10-11,15-16,29H,9,12-14H2,1-6H3,(H,27,28)(H2,26,30,31). The van der Waals surface area contributed by atoms with Crippen molar-refractivity contribution >= 4 is 15.9 Å². The van der Waals surface area contributed by atoms with Crippen molar-refractivity contribution in [2.75, 3.05) is 6.54 Å². The first-order chi connectivity index (χ1) is 14.6. The van der Waals surface area contributed by atoms with E-state index in [1.54, 1.807) is 12.1 Å². The summed E-state index contributed by atoms with van der Waals surface area (Å²) in [5, 5.41) is 18.8. The van der Waals surface area contributed by atoms with Gasteiger partial charge in [0, 0.05) is 13.0 Å². The minimum absolute atomic E-state index is 0.0474. The first-order valence-corrected chi connectivity index (χ1v) is 12.4. The Hall–Kier alpha value is -2.38. The summed E-state index contributed by atoms with van der Waals surface area (Å²) in [5.41, 5.74) is 3.32. The number of rotatable bonds is 7. The third-order valence-corrected chi connectivity index (χ3v) is 6.34. The Labute approximate surface area is 192 Å². The molecule has 0 atom stereocenters. The number of hydrogen-bond donors (Lipinski definition) is 3. The number of nitrogens with two attached hydrogens (primary N) is 1. The minimum atomic E-state index is -3.70. The van der Waals surface area contributed by atoms with E-state index in [1.165, 1.54) is 12.1 Å². The van der Waals surface area contributed by atoms with E-state index in [2.05, 4.69) is 46.9 Å². The molecule has 0 radical (unpaired) electrons. The maximum Gasteiger partial charge on any atom is 0.238 e. The summed E-state index contributed by atoms with van der Waals surface area (Å²) in [5.74, 6) is 0.292. The summed E-state index contributed by atoms with van der Waals surface area (Å²) in [6.07, 6.45) is 1.53. The van der Waals surface area contributed by atoms with E-state index in [1.807, 2.05) is 12.1 Å². The van der Waals surface area contributed by atoms with Crippen molar-refractivity contribution in [2.24, 2.45) is 5.14 Å². The van der Waals surface area contributed by atoms with Crippen LogP contribution in [0.25, 0.3) is 0 Å². The van der Waals surface area contributed by atoms with Crippen LogP contribution in [0.1, 0.15) is 70.2 Å². The monoisotopic (exact) mass is 460 g/mol. The normalized spacial score (nSPS) is 12.6. The first kappa shape index (κ1) is 25.9. The van der Waals surface area contributed by atoms with Crippen LogP contribution < -0.4 is 10.5 Å². The van der Waals surface area contributed by atoms with Gasteiger partial charge in [0.05, 0.1) is 4.90 Å². The van der Waals surface area contributed by atoms with E-state index in [-0.39, 0.29) is 21.6 Å². The number of benzene rings is 2. The Morgan fingerprint density at radius 2 is 1.41 bits per heavy atom. The van der Waals surface area contributed by atoms with E-state index in [0.717, 1.165) is 22.3 Å². The number of phenols is 1. The lowest BCUT2D eigenvalue weighted by Gasteiger charge is -2.28. The lowest BCUT2D eigenvalue weighted by Crippen LogP contribution is -2.26. The Morgan fingerprint density at radius 3 is 1.84 bits per heavy atom. The van der Waals surface area contributed by atoms with Gasteiger partial charge < -0.3 is 10.4 Å². The Balaban J connectivity index is 1.99. The second-order valence-corrected chi connectivity index (χ2v) is 11.9. The van der Waals surface area contributed by atoms with Crippen LogP contribution in [-0.2, 0) is 38.5 Å². The maximum atomic E-state index is 12.4. The molecule has 2 aromatic rings. The Morgan fingerprint density at radius 1 is 0.906 bits per heavy atom. The fourth-order valence-corrected chi connectivity index (χ4v) is 4.04. The molecule has 0 fully saturated rings. The van der Waals surface area contributed by atoms with E-state index in [9.17, 15) is 18.3 Å². The molecule has 6 nitrogen and oxygen atoms in total. The second kappa shape index (κ2) is 9.63. The number of phenolic OH excluding ortho intramolecular Hbond substituents is 1. The highest BCUT2D eigenvalue weighted by Gasteiger charge is 2.26. The van der Waals surface area contributed by atoms with Crippen LogP contribution in [0.5, 0.6) is 5.75 Å². The van der Waals surface area contributed by atoms with Gasteiger partial charge in [-0.1, -0.05) is 65.8 Å². The number of carbonyl (C=O) groups is 1. The summed E-state index contributed by atoms with van der Waals surface area (Å²) < 4.78 is 22.6. The molecule has 176 valence electrons. The number of sulfonamides is 1. The van der Waals surface area contributed by atoms with Crippen molar-refractivity contribution < 1.29 is 18.3 Å². The van der Waals surface area contributed by atoms with Gasteiger partial charge >= 0.3 is 0 Å². The van der Waals surface area contributed by atoms with Gasteiger partial charge in [-0.25, -0.2) is 13.6 Å². The number of amides is 1. The molecule has 0 spiro atoms. The molecular weight excluding hydrogens is 424 g/mol. The summed E-state index contributed by atoms with van der Waals surface area (Å²) in [4.78, 5) is 12.4. The van der Waals surface area contributed by atoms with Crippen LogP contribution in [-0.4, -0.2) is 26.0 Å². The van der Waals surface area contributed by atoms with Crippen LogP contribution in [0.2, 0.25) is 0 Å². The summed E-state index contributed by atoms with van der Waals surface area (Å²) >= 11 is 0. The molecule has 4 N–H and O–H groups in total. The fourth-order valence-electron chi connectivity index (χ4n) is 3.52. The van der Waals surface area contributed by atoms with E-state index >= 15 is 0 Å². The van der Waals surface area contributed by atoms with Crippen LogP contribution in [0, 0.1) is 0 Å². The van der Waals surface area contributed by atoms with Gasteiger partial charge in [0.15, 0.2) is 0 Å². The van der Waals surface area contributed by atoms with Crippen molar-refractivity contribution in [1.29, 1.82) is 0 Å². The SMILES string of the molecule is CC(C)(C)c1cc(CCC(=O)NCCc2ccc(S(N)(=O)=O)cc2)cc(C(C)(C)C)c1O. The molecule has 0 aliphatic heterocycles. The summed E-state index contributed by atoms with van der Waals surface area (Å²) in [6.45, 7) is 12.9. The van der Waals surface area contributed by atoms with Crippen molar-refractivity contribution in [1.82, 2.24) is 5.32 Å². The molecule has 2 rings (SSSR count). The number of nitrogens with one attached hydrogen (secondary N) is 1. The molecule has 0 unspecified atom stereocenters. The van der Waals surface area contributed by atoms with Crippen LogP contribution >= 0.6 is 0 Å². The molecule has 0 heterocycles. The number of aryl methyl sites for hydroxylation is 1. The number of primary sulfonamides is 1. The first-order valence-electron chi connectivity index (χ1n) is 10.8. The van der Waals surface area contributed by atoms with Crippen molar-refractivity contribution in [3.63, 3.8) is 0 Å². The molecule has 1 amide bonds. The van der Waals surface area contributed by atoms with Crippen LogP contribution in [0.3, 0.4) is 0 Å². The maximum absolute atomic E-state index is 12.4. The summed E-state index contributed by atoms with van der Waals surface area (Å²) in [6, 6.07) is 10.3. The average Bonchev–Trinajstić information content (AvgIpc) is 2.65. The predicted octanol–water partition coefficient (Wildman–Crippen LogP) is 3.93. The lowest BCUT2D eigenvalue weighted by molar-refractivity contribution is -0.121. The van der Waals surface area contributed by atoms with Gasteiger partial charge in [0.1, 0.15) is 5.75 Å². The van der Waals surface area contributed by atoms with Crippen LogP contribution in [0.15, 0.2) is 41.3 Å². The molecule has 0 aliphatic rings. The lowest BCUT2D eigenvalue weighted by atomic mass is 9.78. The number of aromatic hydroxyl groups is 1. The third-order valence-electron chi connectivity index (χ3n) is 5.41. The Kier molecular flexibility index (Phi) is 7.79. The van der Waals surface area contributed by atoms with E-state index < -0.39 is 10.0 Å². The molecule has 0 saturated heterocycles. The highest BCUT2D eigenvalue weighted by atomic mass is 32.2. The Bertz CT molecular complexity index is 1030. The molecule has 0 bridgehead atoms. The highest BCUT2D eigenvalue weighted by molar-refractivity contribution is 7.89. The van der Waals surface area contributed by atoms with Gasteiger partial charge in [-0.15, -0.1) is 0 Å². The molecule has 0 aromatic heterocycles. The predicted molar refractivity (Wildman–Crippen MR) is 128 cm³/mol. The molecule has 2 aromatic carbocycles. The zero-order valence-electron chi connectivity index (χ0n) is 20.0. The fraction of sp³-hybridized carbons (Fsp3) is 0.480.